The summed E-state index contributed by atoms with van der Waals surface area (Å²) in [6.45, 7) is 1.34. The maximum Gasteiger partial charge on any atom is 0.305 e. The van der Waals surface area contributed by atoms with Gasteiger partial charge < -0.3 is 0 Å². The average molecular weight is 180 g/mol. The van der Waals surface area contributed by atoms with Crippen molar-refractivity contribution in [3.63, 3.8) is 0 Å². The predicted octanol–water partition coefficient (Wildman–Crippen LogP) is 1.96. The number of hydrogen-bond acceptors (Lipinski definition) is 2. The zero-order chi connectivity index (χ0) is 8.48. The fourth-order valence-electron chi connectivity index (χ4n) is 0.860. The van der Waals surface area contributed by atoms with E-state index < -0.39 is 11.7 Å². The topological polar surface area (TPSA) is 17.1 Å². The Hall–Kier alpha value is -0.120. The molecule has 0 aromatic heterocycles. The number of Topliss-reactive ketones (excluding diaryl/α,β-unsaturated/α-hetero) is 1. The second kappa shape index (κ2) is 3.09. The Balaban J connectivity index is 2.51. The van der Waals surface area contributed by atoms with E-state index in [1.807, 2.05) is 0 Å². The largest absolute Gasteiger partial charge is 0.305 e. The van der Waals surface area contributed by atoms with Crippen LogP contribution < -0.4 is 0 Å². The monoisotopic (exact) mass is 180 g/mol. The fraction of sp³-hybridized carbons (Fsp3) is 0.857. The molecule has 0 saturated carbocycles. The lowest BCUT2D eigenvalue weighted by Crippen LogP contribution is -2.40. The first-order valence-electron chi connectivity index (χ1n) is 3.58. The molecule has 0 aromatic rings. The standard InChI is InChI=1S/C7H10F2OS/c1-2-7(8,9)6(10)5-3-11-4-5/h5H,2-4H2,1H3. The molecule has 1 rings (SSSR count). The van der Waals surface area contributed by atoms with Crippen LogP contribution in [-0.4, -0.2) is 23.2 Å². The van der Waals surface area contributed by atoms with Crippen molar-refractivity contribution in [3.8, 4) is 0 Å². The maximum absolute atomic E-state index is 12.7. The Labute approximate surface area is 68.5 Å². The molecular formula is C7H10F2OS. The number of carbonyl (C=O) groups excluding carboxylic acids is 1. The third-order valence-corrected chi connectivity index (χ3v) is 3.09. The summed E-state index contributed by atoms with van der Waals surface area (Å²) < 4.78 is 25.3. The molecule has 0 bridgehead atoms. The lowest BCUT2D eigenvalue weighted by molar-refractivity contribution is -0.146. The van der Waals surface area contributed by atoms with Crippen LogP contribution in [0.15, 0.2) is 0 Å². The second-order valence-corrected chi connectivity index (χ2v) is 3.73. The molecule has 11 heavy (non-hydrogen) atoms. The molecule has 64 valence electrons. The first-order valence-corrected chi connectivity index (χ1v) is 4.73. The van der Waals surface area contributed by atoms with E-state index in [1.165, 1.54) is 6.92 Å². The van der Waals surface area contributed by atoms with E-state index in [1.54, 1.807) is 11.8 Å². The molecule has 0 aliphatic carbocycles. The fourth-order valence-corrected chi connectivity index (χ4v) is 1.63. The van der Waals surface area contributed by atoms with Crippen LogP contribution in [0.2, 0.25) is 0 Å². The van der Waals surface area contributed by atoms with Gasteiger partial charge in [0, 0.05) is 23.8 Å². The molecule has 1 aliphatic heterocycles. The zero-order valence-corrected chi connectivity index (χ0v) is 7.09. The number of hydrogen-bond donors (Lipinski definition) is 0. The molecule has 1 saturated heterocycles. The first kappa shape index (κ1) is 8.97. The molecule has 1 fully saturated rings. The van der Waals surface area contributed by atoms with E-state index in [0.29, 0.717) is 11.5 Å². The molecular weight excluding hydrogens is 170 g/mol. The SMILES string of the molecule is CCC(F)(F)C(=O)C1CSC1. The van der Waals surface area contributed by atoms with E-state index in [4.69, 9.17) is 0 Å². The maximum atomic E-state index is 12.7. The molecule has 0 atom stereocenters. The van der Waals surface area contributed by atoms with Crippen molar-refractivity contribution in [1.82, 2.24) is 0 Å². The summed E-state index contributed by atoms with van der Waals surface area (Å²) in [4.78, 5) is 10.9. The Morgan fingerprint density at radius 1 is 1.64 bits per heavy atom. The number of rotatable bonds is 3. The summed E-state index contributed by atoms with van der Waals surface area (Å²) in [7, 11) is 0. The first-order chi connectivity index (χ1) is 5.08. The molecule has 0 spiro atoms. The van der Waals surface area contributed by atoms with Crippen molar-refractivity contribution in [1.29, 1.82) is 0 Å². The van der Waals surface area contributed by atoms with Crippen molar-refractivity contribution in [3.05, 3.63) is 0 Å². The molecule has 1 aliphatic rings. The van der Waals surface area contributed by atoms with Gasteiger partial charge in [-0.2, -0.15) is 20.5 Å². The number of halogens is 2. The van der Waals surface area contributed by atoms with Gasteiger partial charge in [-0.25, -0.2) is 0 Å². The Kier molecular flexibility index (Phi) is 2.52. The molecule has 1 heterocycles. The van der Waals surface area contributed by atoms with Crippen molar-refractivity contribution < 1.29 is 13.6 Å². The van der Waals surface area contributed by atoms with Gasteiger partial charge in [0.15, 0.2) is 0 Å². The number of alkyl halides is 2. The molecule has 0 amide bonds. The van der Waals surface area contributed by atoms with E-state index in [2.05, 4.69) is 0 Å². The van der Waals surface area contributed by atoms with Crippen molar-refractivity contribution >= 4 is 17.5 Å². The van der Waals surface area contributed by atoms with Gasteiger partial charge in [-0.3, -0.25) is 4.79 Å². The second-order valence-electron chi connectivity index (χ2n) is 2.66. The van der Waals surface area contributed by atoms with Crippen LogP contribution >= 0.6 is 11.8 Å². The quantitative estimate of drug-likeness (QED) is 0.660. The number of ketones is 1. The summed E-state index contributed by atoms with van der Waals surface area (Å²) in [5.74, 6) is -3.16. The van der Waals surface area contributed by atoms with Crippen LogP contribution in [0.1, 0.15) is 13.3 Å². The summed E-state index contributed by atoms with van der Waals surface area (Å²) in [5.41, 5.74) is 0. The molecule has 1 nitrogen and oxygen atoms in total. The van der Waals surface area contributed by atoms with E-state index >= 15 is 0 Å². The molecule has 0 radical (unpaired) electrons. The van der Waals surface area contributed by atoms with Gasteiger partial charge >= 0.3 is 5.92 Å². The Morgan fingerprint density at radius 2 is 2.18 bits per heavy atom. The van der Waals surface area contributed by atoms with Crippen LogP contribution in [0.4, 0.5) is 8.78 Å². The minimum atomic E-state index is -3.08. The third-order valence-electron chi connectivity index (χ3n) is 1.81. The van der Waals surface area contributed by atoms with Gasteiger partial charge in [-0.1, -0.05) is 6.92 Å². The van der Waals surface area contributed by atoms with E-state index in [-0.39, 0.29) is 12.3 Å². The number of carbonyl (C=O) groups is 1. The lowest BCUT2D eigenvalue weighted by Gasteiger charge is -2.26. The van der Waals surface area contributed by atoms with Crippen molar-refractivity contribution in [2.75, 3.05) is 11.5 Å². The third kappa shape index (κ3) is 1.72. The van der Waals surface area contributed by atoms with E-state index in [0.717, 1.165) is 0 Å². The van der Waals surface area contributed by atoms with E-state index in [9.17, 15) is 13.6 Å². The van der Waals surface area contributed by atoms with Gasteiger partial charge in [0.25, 0.3) is 0 Å². The minimum Gasteiger partial charge on any atom is -0.293 e. The normalized spacial score (nSPS) is 19.5. The van der Waals surface area contributed by atoms with Gasteiger partial charge in [-0.15, -0.1) is 0 Å². The highest BCUT2D eigenvalue weighted by atomic mass is 32.2. The Morgan fingerprint density at radius 3 is 2.45 bits per heavy atom. The predicted molar refractivity (Wildman–Crippen MR) is 41.1 cm³/mol. The van der Waals surface area contributed by atoms with Gasteiger partial charge in [0.05, 0.1) is 0 Å². The zero-order valence-electron chi connectivity index (χ0n) is 6.27. The van der Waals surface area contributed by atoms with Crippen LogP contribution in [0.3, 0.4) is 0 Å². The molecule has 0 N–H and O–H groups in total. The van der Waals surface area contributed by atoms with Crippen LogP contribution in [0.25, 0.3) is 0 Å². The summed E-state index contributed by atoms with van der Waals surface area (Å²) >= 11 is 1.55. The highest BCUT2D eigenvalue weighted by Gasteiger charge is 2.43. The lowest BCUT2D eigenvalue weighted by atomic mass is 10.0. The Bertz CT molecular complexity index is 166. The summed E-state index contributed by atoms with van der Waals surface area (Å²) in [5, 5.41) is 0. The van der Waals surface area contributed by atoms with Gasteiger partial charge in [-0.05, 0) is 0 Å². The van der Waals surface area contributed by atoms with Crippen LogP contribution in [-0.2, 0) is 4.79 Å². The number of thioether (sulfide) groups is 1. The smallest absolute Gasteiger partial charge is 0.293 e. The molecule has 0 unspecified atom stereocenters. The van der Waals surface area contributed by atoms with Crippen LogP contribution in [0, 0.1) is 5.92 Å². The highest BCUT2D eigenvalue weighted by Crippen LogP contribution is 2.32. The van der Waals surface area contributed by atoms with Crippen molar-refractivity contribution in [2.45, 2.75) is 19.3 Å². The van der Waals surface area contributed by atoms with Crippen molar-refractivity contribution in [2.24, 2.45) is 5.92 Å². The molecule has 0 aromatic carbocycles. The van der Waals surface area contributed by atoms with Crippen LogP contribution in [0.5, 0.6) is 0 Å². The highest BCUT2D eigenvalue weighted by molar-refractivity contribution is 8.00. The summed E-state index contributed by atoms with van der Waals surface area (Å²) in [6, 6.07) is 0. The summed E-state index contributed by atoms with van der Waals surface area (Å²) in [6.07, 6.45) is -0.368. The minimum absolute atomic E-state index is 0.368. The van der Waals surface area contributed by atoms with Gasteiger partial charge in [0.2, 0.25) is 5.78 Å². The average Bonchev–Trinajstić information content (AvgIpc) is 1.84. The molecule has 4 heteroatoms. The van der Waals surface area contributed by atoms with Gasteiger partial charge in [0.1, 0.15) is 0 Å².